The van der Waals surface area contributed by atoms with Crippen molar-refractivity contribution in [2.24, 2.45) is 11.7 Å². The molecule has 4 atom stereocenters. The van der Waals surface area contributed by atoms with Crippen molar-refractivity contribution < 1.29 is 9.90 Å². The predicted molar refractivity (Wildman–Crippen MR) is 54.6 cm³/mol. The first kappa shape index (κ1) is 11.5. The fourth-order valence-corrected chi connectivity index (χ4v) is 2.53. The van der Waals surface area contributed by atoms with E-state index in [9.17, 15) is 9.90 Å². The molecule has 3 N–H and O–H groups in total. The Bertz CT molecular complexity index is 220. The van der Waals surface area contributed by atoms with Crippen LogP contribution in [0, 0.1) is 5.92 Å². The van der Waals surface area contributed by atoms with E-state index in [1.54, 1.807) is 6.92 Å². The number of carbonyl (C=O) groups is 1. The summed E-state index contributed by atoms with van der Waals surface area (Å²) in [7, 11) is 0. The fraction of sp³-hybridized carbons (Fsp3) is 0.900. The lowest BCUT2D eigenvalue weighted by molar-refractivity contribution is -0.137. The summed E-state index contributed by atoms with van der Waals surface area (Å²) < 4.78 is 0. The summed E-state index contributed by atoms with van der Waals surface area (Å²) in [5.41, 5.74) is 5.93. The molecule has 1 heterocycles. The van der Waals surface area contributed by atoms with Crippen molar-refractivity contribution in [1.29, 1.82) is 0 Å². The van der Waals surface area contributed by atoms with Gasteiger partial charge >= 0.3 is 0 Å². The van der Waals surface area contributed by atoms with Gasteiger partial charge < -0.3 is 15.7 Å². The number of amides is 1. The van der Waals surface area contributed by atoms with Crippen molar-refractivity contribution in [3.8, 4) is 0 Å². The Labute approximate surface area is 85.1 Å². The zero-order chi connectivity index (χ0) is 10.9. The molecular formula is C10H20N2O2. The number of likely N-dealkylation sites (tertiary alicyclic amines) is 1. The van der Waals surface area contributed by atoms with E-state index >= 15 is 0 Å². The molecular weight excluding hydrogens is 180 g/mol. The van der Waals surface area contributed by atoms with E-state index in [-0.39, 0.29) is 36.6 Å². The third-order valence-corrected chi connectivity index (χ3v) is 3.27. The molecule has 1 saturated heterocycles. The van der Waals surface area contributed by atoms with E-state index in [1.807, 2.05) is 18.7 Å². The third kappa shape index (κ3) is 1.91. The molecule has 1 fully saturated rings. The SMILES string of the molecule is CC(=O)N1C(C)CC(N)C(CO)C1C. The minimum Gasteiger partial charge on any atom is -0.396 e. The van der Waals surface area contributed by atoms with Crippen LogP contribution in [0.5, 0.6) is 0 Å². The number of nitrogens with two attached hydrogens (primary N) is 1. The Kier molecular flexibility index (Phi) is 3.50. The van der Waals surface area contributed by atoms with Gasteiger partial charge in [0.1, 0.15) is 0 Å². The highest BCUT2D eigenvalue weighted by Crippen LogP contribution is 2.26. The van der Waals surface area contributed by atoms with Crippen molar-refractivity contribution in [2.45, 2.75) is 45.3 Å². The smallest absolute Gasteiger partial charge is 0.219 e. The van der Waals surface area contributed by atoms with E-state index in [0.29, 0.717) is 0 Å². The molecule has 0 aromatic carbocycles. The third-order valence-electron chi connectivity index (χ3n) is 3.27. The van der Waals surface area contributed by atoms with Gasteiger partial charge in [-0.25, -0.2) is 0 Å². The number of nitrogens with zero attached hydrogens (tertiary/aromatic N) is 1. The van der Waals surface area contributed by atoms with Gasteiger partial charge in [0.25, 0.3) is 0 Å². The highest BCUT2D eigenvalue weighted by atomic mass is 16.3. The van der Waals surface area contributed by atoms with E-state index < -0.39 is 0 Å². The second-order valence-corrected chi connectivity index (χ2v) is 4.26. The van der Waals surface area contributed by atoms with Crippen LogP contribution in [0.3, 0.4) is 0 Å². The topological polar surface area (TPSA) is 66.6 Å². The minimum absolute atomic E-state index is 0.000556. The van der Waals surface area contributed by atoms with Crippen molar-refractivity contribution in [3.63, 3.8) is 0 Å². The van der Waals surface area contributed by atoms with Crippen molar-refractivity contribution >= 4 is 5.91 Å². The number of hydrogen-bond acceptors (Lipinski definition) is 3. The van der Waals surface area contributed by atoms with Crippen LogP contribution >= 0.6 is 0 Å². The van der Waals surface area contributed by atoms with Gasteiger partial charge in [0.15, 0.2) is 0 Å². The van der Waals surface area contributed by atoms with Gasteiger partial charge in [0, 0.05) is 37.6 Å². The molecule has 1 aliphatic rings. The summed E-state index contributed by atoms with van der Waals surface area (Å²) in [5.74, 6) is 0.0745. The molecule has 0 aromatic heterocycles. The summed E-state index contributed by atoms with van der Waals surface area (Å²) in [5, 5.41) is 9.20. The highest BCUT2D eigenvalue weighted by molar-refractivity contribution is 5.74. The average Bonchev–Trinajstić information content (AvgIpc) is 2.02. The van der Waals surface area contributed by atoms with Gasteiger partial charge in [-0.05, 0) is 20.3 Å². The largest absolute Gasteiger partial charge is 0.396 e. The van der Waals surface area contributed by atoms with Crippen molar-refractivity contribution in [2.75, 3.05) is 6.61 Å². The molecule has 1 rings (SSSR count). The molecule has 0 spiro atoms. The Balaban J connectivity index is 2.82. The van der Waals surface area contributed by atoms with Crippen molar-refractivity contribution in [1.82, 2.24) is 4.90 Å². The van der Waals surface area contributed by atoms with Crippen LogP contribution in [0.4, 0.5) is 0 Å². The van der Waals surface area contributed by atoms with Gasteiger partial charge in [0.2, 0.25) is 5.91 Å². The number of aliphatic hydroxyl groups is 1. The molecule has 82 valence electrons. The molecule has 0 aromatic rings. The number of piperidine rings is 1. The lowest BCUT2D eigenvalue weighted by Gasteiger charge is -2.46. The molecule has 0 bridgehead atoms. The van der Waals surface area contributed by atoms with E-state index in [0.717, 1.165) is 6.42 Å². The standard InChI is InChI=1S/C10H20N2O2/c1-6-4-10(11)9(5-13)7(2)12(6)8(3)14/h6-7,9-10,13H,4-5,11H2,1-3H3. The van der Waals surface area contributed by atoms with Crippen LogP contribution in [0.25, 0.3) is 0 Å². The molecule has 0 radical (unpaired) electrons. The molecule has 0 saturated carbocycles. The maximum atomic E-state index is 11.4. The predicted octanol–water partition coefficient (Wildman–Crippen LogP) is -0.0486. The van der Waals surface area contributed by atoms with Crippen LogP contribution in [0.1, 0.15) is 27.2 Å². The quantitative estimate of drug-likeness (QED) is 0.623. The average molecular weight is 200 g/mol. The molecule has 4 heteroatoms. The molecule has 4 nitrogen and oxygen atoms in total. The van der Waals surface area contributed by atoms with Crippen LogP contribution in [-0.2, 0) is 4.79 Å². The van der Waals surface area contributed by atoms with E-state index in [4.69, 9.17) is 5.73 Å². The first-order chi connectivity index (χ1) is 6.49. The molecule has 14 heavy (non-hydrogen) atoms. The van der Waals surface area contributed by atoms with Crippen LogP contribution in [-0.4, -0.2) is 40.6 Å². The van der Waals surface area contributed by atoms with Gasteiger partial charge in [-0.2, -0.15) is 0 Å². The lowest BCUT2D eigenvalue weighted by atomic mass is 9.83. The molecule has 1 aliphatic heterocycles. The fourth-order valence-electron chi connectivity index (χ4n) is 2.53. The normalized spacial score (nSPS) is 38.5. The summed E-state index contributed by atoms with van der Waals surface area (Å²) >= 11 is 0. The van der Waals surface area contributed by atoms with Crippen molar-refractivity contribution in [3.05, 3.63) is 0 Å². The Morgan fingerprint density at radius 2 is 2.14 bits per heavy atom. The van der Waals surface area contributed by atoms with E-state index in [1.165, 1.54) is 0 Å². The van der Waals surface area contributed by atoms with Gasteiger partial charge in [-0.3, -0.25) is 4.79 Å². The Morgan fingerprint density at radius 3 is 2.57 bits per heavy atom. The Hall–Kier alpha value is -0.610. The van der Waals surface area contributed by atoms with Gasteiger partial charge in [0.05, 0.1) is 0 Å². The van der Waals surface area contributed by atoms with Crippen LogP contribution in [0.15, 0.2) is 0 Å². The maximum Gasteiger partial charge on any atom is 0.219 e. The second kappa shape index (κ2) is 4.28. The summed E-state index contributed by atoms with van der Waals surface area (Å²) in [4.78, 5) is 13.2. The number of aliphatic hydroxyl groups excluding tert-OH is 1. The summed E-state index contributed by atoms with van der Waals surface area (Å²) in [6, 6.07) is 0.220. The van der Waals surface area contributed by atoms with E-state index in [2.05, 4.69) is 0 Å². The number of hydrogen-bond donors (Lipinski definition) is 2. The highest BCUT2D eigenvalue weighted by Gasteiger charge is 2.38. The number of rotatable bonds is 1. The number of carbonyl (C=O) groups excluding carboxylic acids is 1. The van der Waals surface area contributed by atoms with Crippen LogP contribution in [0.2, 0.25) is 0 Å². The lowest BCUT2D eigenvalue weighted by Crippen LogP contribution is -2.59. The zero-order valence-electron chi connectivity index (χ0n) is 9.10. The zero-order valence-corrected chi connectivity index (χ0v) is 9.10. The molecule has 1 amide bonds. The summed E-state index contributed by atoms with van der Waals surface area (Å²) in [6.45, 7) is 5.58. The first-order valence-corrected chi connectivity index (χ1v) is 5.14. The van der Waals surface area contributed by atoms with Gasteiger partial charge in [-0.15, -0.1) is 0 Å². The first-order valence-electron chi connectivity index (χ1n) is 5.14. The maximum absolute atomic E-state index is 11.4. The monoisotopic (exact) mass is 200 g/mol. The second-order valence-electron chi connectivity index (χ2n) is 4.26. The van der Waals surface area contributed by atoms with Crippen LogP contribution < -0.4 is 5.73 Å². The molecule has 4 unspecified atom stereocenters. The molecule has 0 aliphatic carbocycles. The Morgan fingerprint density at radius 1 is 1.57 bits per heavy atom. The van der Waals surface area contributed by atoms with Gasteiger partial charge in [-0.1, -0.05) is 0 Å². The summed E-state index contributed by atoms with van der Waals surface area (Å²) in [6.07, 6.45) is 0.773. The minimum atomic E-state index is 0.000556.